The quantitative estimate of drug-likeness (QED) is 0.367. The van der Waals surface area contributed by atoms with Crippen LogP contribution in [0.15, 0.2) is 41.6 Å². The Morgan fingerprint density at radius 2 is 2.12 bits per heavy atom. The molecule has 1 aromatic carbocycles. The van der Waals surface area contributed by atoms with Crippen molar-refractivity contribution in [2.75, 3.05) is 12.5 Å². The van der Waals surface area contributed by atoms with E-state index in [0.29, 0.717) is 0 Å². The first-order chi connectivity index (χ1) is 8.24. The third kappa shape index (κ3) is 5.17. The number of halogens is 1. The van der Waals surface area contributed by atoms with Crippen LogP contribution in [0.25, 0.3) is 6.08 Å². The van der Waals surface area contributed by atoms with Gasteiger partial charge in [-0.2, -0.15) is 0 Å². The summed E-state index contributed by atoms with van der Waals surface area (Å²) in [6.07, 6.45) is 3.60. The van der Waals surface area contributed by atoms with Gasteiger partial charge < -0.3 is 9.94 Å². The Bertz CT molecular complexity index is 415. The zero-order chi connectivity index (χ0) is 12.5. The Hall–Kier alpha value is -1.81. The summed E-state index contributed by atoms with van der Waals surface area (Å²) in [5, 5.41) is 12.0. The molecule has 0 atom stereocenters. The predicted octanol–water partition coefficient (Wildman–Crippen LogP) is 2.40. The maximum atomic E-state index is 10.5. The van der Waals surface area contributed by atoms with Crippen LogP contribution in [0.5, 0.6) is 0 Å². The average Bonchev–Trinajstić information content (AvgIpc) is 2.34. The number of carbonyl (C=O) groups is 1. The van der Waals surface area contributed by atoms with E-state index in [1.54, 1.807) is 6.08 Å². The molecule has 0 aliphatic rings. The van der Waals surface area contributed by atoms with Crippen LogP contribution < -0.4 is 0 Å². The van der Waals surface area contributed by atoms with E-state index in [1.165, 1.54) is 0 Å². The van der Waals surface area contributed by atoms with E-state index >= 15 is 0 Å². The van der Waals surface area contributed by atoms with Crippen molar-refractivity contribution in [2.24, 2.45) is 5.16 Å². The second-order valence-electron chi connectivity index (χ2n) is 3.09. The minimum atomic E-state index is -1.17. The number of alkyl halides is 1. The number of benzene rings is 1. The first-order valence-electron chi connectivity index (χ1n) is 4.93. The summed E-state index contributed by atoms with van der Waals surface area (Å²) in [4.78, 5) is 15.3. The van der Waals surface area contributed by atoms with Gasteiger partial charge >= 0.3 is 5.97 Å². The standard InChI is InChI=1S/C12H12ClNO3/c13-9-11(12(15)16)14-17-8-4-7-10-5-2-1-3-6-10/h1-7H,8-9H2,(H,15,16)/b7-4+,14-11?. The van der Waals surface area contributed by atoms with Gasteiger partial charge in [0.1, 0.15) is 6.61 Å². The van der Waals surface area contributed by atoms with Gasteiger partial charge in [-0.05, 0) is 11.6 Å². The van der Waals surface area contributed by atoms with E-state index in [0.717, 1.165) is 5.56 Å². The number of carboxylic acids is 1. The molecule has 4 nitrogen and oxygen atoms in total. The summed E-state index contributed by atoms with van der Waals surface area (Å²) in [6, 6.07) is 9.67. The Balaban J connectivity index is 2.38. The van der Waals surface area contributed by atoms with Gasteiger partial charge in [0.15, 0.2) is 5.71 Å². The number of carboxylic acid groups (broad SMARTS) is 1. The fourth-order valence-electron chi connectivity index (χ4n) is 1.03. The van der Waals surface area contributed by atoms with Gasteiger partial charge in [-0.3, -0.25) is 0 Å². The fraction of sp³-hybridized carbons (Fsp3) is 0.167. The van der Waals surface area contributed by atoms with Crippen LogP contribution in [0.1, 0.15) is 5.56 Å². The van der Waals surface area contributed by atoms with Gasteiger partial charge in [0.2, 0.25) is 0 Å². The molecule has 0 amide bonds. The van der Waals surface area contributed by atoms with Gasteiger partial charge in [0, 0.05) is 0 Å². The highest BCUT2D eigenvalue weighted by Crippen LogP contribution is 2.00. The minimum absolute atomic E-state index is 0.183. The first-order valence-corrected chi connectivity index (χ1v) is 5.47. The molecule has 1 aromatic rings. The second-order valence-corrected chi connectivity index (χ2v) is 3.35. The van der Waals surface area contributed by atoms with E-state index in [4.69, 9.17) is 21.5 Å². The van der Waals surface area contributed by atoms with Gasteiger partial charge in [0.25, 0.3) is 0 Å². The molecule has 0 aliphatic heterocycles. The molecule has 1 rings (SSSR count). The largest absolute Gasteiger partial charge is 0.477 e. The van der Waals surface area contributed by atoms with E-state index in [1.807, 2.05) is 36.4 Å². The molecule has 0 bridgehead atoms. The second kappa shape index (κ2) is 7.46. The molecule has 0 spiro atoms. The van der Waals surface area contributed by atoms with Crippen molar-refractivity contribution >= 4 is 29.4 Å². The first kappa shape index (κ1) is 13.3. The maximum Gasteiger partial charge on any atom is 0.354 e. The Morgan fingerprint density at radius 1 is 1.41 bits per heavy atom. The number of rotatable bonds is 6. The Labute approximate surface area is 104 Å². The van der Waals surface area contributed by atoms with Crippen molar-refractivity contribution in [3.05, 3.63) is 42.0 Å². The van der Waals surface area contributed by atoms with Crippen molar-refractivity contribution in [1.29, 1.82) is 0 Å². The highest BCUT2D eigenvalue weighted by atomic mass is 35.5. The zero-order valence-electron chi connectivity index (χ0n) is 9.04. The molecule has 0 aromatic heterocycles. The number of oxime groups is 1. The SMILES string of the molecule is O=C(O)C(CCl)=NOC/C=C/c1ccccc1. The van der Waals surface area contributed by atoms with Crippen molar-refractivity contribution in [3.63, 3.8) is 0 Å². The van der Waals surface area contributed by atoms with E-state index in [9.17, 15) is 4.79 Å². The van der Waals surface area contributed by atoms with Crippen LogP contribution in [-0.4, -0.2) is 29.3 Å². The van der Waals surface area contributed by atoms with Gasteiger partial charge in [-0.1, -0.05) is 41.6 Å². The highest BCUT2D eigenvalue weighted by molar-refractivity contribution is 6.46. The monoisotopic (exact) mass is 253 g/mol. The predicted molar refractivity (Wildman–Crippen MR) is 67.2 cm³/mol. The van der Waals surface area contributed by atoms with E-state index in [2.05, 4.69) is 5.16 Å². The van der Waals surface area contributed by atoms with Crippen LogP contribution in [-0.2, 0) is 9.63 Å². The molecule has 0 heterocycles. The third-order valence-corrected chi connectivity index (χ3v) is 2.08. The number of hydrogen-bond donors (Lipinski definition) is 1. The van der Waals surface area contributed by atoms with Gasteiger partial charge in [0.05, 0.1) is 5.88 Å². The third-order valence-electron chi connectivity index (χ3n) is 1.83. The van der Waals surface area contributed by atoms with Crippen LogP contribution in [0, 0.1) is 0 Å². The highest BCUT2D eigenvalue weighted by Gasteiger charge is 2.07. The van der Waals surface area contributed by atoms with E-state index in [-0.39, 0.29) is 18.2 Å². The minimum Gasteiger partial charge on any atom is -0.477 e. The van der Waals surface area contributed by atoms with Gasteiger partial charge in [-0.25, -0.2) is 4.79 Å². The van der Waals surface area contributed by atoms with Gasteiger partial charge in [-0.15, -0.1) is 11.6 Å². The van der Waals surface area contributed by atoms with Crippen LogP contribution >= 0.6 is 11.6 Å². The average molecular weight is 254 g/mol. The van der Waals surface area contributed by atoms with Crippen LogP contribution in [0.3, 0.4) is 0 Å². The lowest BCUT2D eigenvalue weighted by Gasteiger charge is -1.96. The fourth-order valence-corrected chi connectivity index (χ4v) is 1.19. The van der Waals surface area contributed by atoms with Crippen molar-refractivity contribution in [2.45, 2.75) is 0 Å². The molecular weight excluding hydrogens is 242 g/mol. The molecule has 0 fully saturated rings. The Morgan fingerprint density at radius 3 is 2.71 bits per heavy atom. The summed E-state index contributed by atoms with van der Waals surface area (Å²) in [5.74, 6) is -1.36. The van der Waals surface area contributed by atoms with Crippen LogP contribution in [0.4, 0.5) is 0 Å². The lowest BCUT2D eigenvalue weighted by Crippen LogP contribution is -2.14. The van der Waals surface area contributed by atoms with Crippen molar-refractivity contribution in [3.8, 4) is 0 Å². The topological polar surface area (TPSA) is 58.9 Å². The van der Waals surface area contributed by atoms with E-state index < -0.39 is 5.97 Å². The molecule has 0 aliphatic carbocycles. The summed E-state index contributed by atoms with van der Waals surface area (Å²) >= 11 is 5.36. The molecule has 1 N–H and O–H groups in total. The summed E-state index contributed by atoms with van der Waals surface area (Å²) in [6.45, 7) is 0.197. The molecule has 0 saturated carbocycles. The number of aliphatic carboxylic acids is 1. The van der Waals surface area contributed by atoms with Crippen molar-refractivity contribution in [1.82, 2.24) is 0 Å². The molecule has 17 heavy (non-hydrogen) atoms. The lowest BCUT2D eigenvalue weighted by atomic mass is 10.2. The summed E-state index contributed by atoms with van der Waals surface area (Å²) in [7, 11) is 0. The maximum absolute atomic E-state index is 10.5. The molecule has 5 heteroatoms. The van der Waals surface area contributed by atoms with Crippen molar-refractivity contribution < 1.29 is 14.7 Å². The number of nitrogens with zero attached hydrogens (tertiary/aromatic N) is 1. The normalized spacial score (nSPS) is 11.7. The summed E-state index contributed by atoms with van der Waals surface area (Å²) < 4.78 is 0. The molecular formula is C12H12ClNO3. The van der Waals surface area contributed by atoms with Crippen LogP contribution in [0.2, 0.25) is 0 Å². The molecule has 90 valence electrons. The Kier molecular flexibility index (Phi) is 5.82. The number of hydrogen-bond acceptors (Lipinski definition) is 3. The summed E-state index contributed by atoms with van der Waals surface area (Å²) in [5.41, 5.74) is 0.829. The molecule has 0 saturated heterocycles. The smallest absolute Gasteiger partial charge is 0.354 e. The molecule has 0 radical (unpaired) electrons. The molecule has 0 unspecified atom stereocenters. The zero-order valence-corrected chi connectivity index (χ0v) is 9.80. The lowest BCUT2D eigenvalue weighted by molar-refractivity contribution is -0.129.